The maximum atomic E-state index is 13.6. The normalized spacial score (nSPS) is 10.1. The van der Waals surface area contributed by atoms with Gasteiger partial charge in [0.2, 0.25) is 0 Å². The zero-order valence-electron chi connectivity index (χ0n) is 12.2. The molecule has 0 aromatic heterocycles. The zero-order chi connectivity index (χ0) is 17.9. The van der Waals surface area contributed by atoms with Gasteiger partial charge in [-0.2, -0.15) is 0 Å². The van der Waals surface area contributed by atoms with E-state index in [0.29, 0.717) is 0 Å². The second-order valence-electron chi connectivity index (χ2n) is 4.50. The van der Waals surface area contributed by atoms with E-state index in [1.54, 1.807) is 0 Å². The Kier molecular flexibility index (Phi) is 4.68. The van der Waals surface area contributed by atoms with Crippen molar-refractivity contribution >= 4 is 23.0 Å². The largest absolute Gasteiger partial charge is 0.485 e. The third-order valence-corrected chi connectivity index (χ3v) is 3.02. The van der Waals surface area contributed by atoms with Gasteiger partial charge in [-0.25, -0.2) is 4.39 Å². The number of ether oxygens (including phenoxy) is 1. The van der Waals surface area contributed by atoms with Gasteiger partial charge in [-0.1, -0.05) is 12.1 Å². The van der Waals surface area contributed by atoms with Gasteiger partial charge in [0, 0.05) is 12.1 Å². The Morgan fingerprint density at radius 2 is 1.67 bits per heavy atom. The molecule has 2 aromatic carbocycles. The fraction of sp³-hybridized carbons (Fsp3) is 0.0714. The van der Waals surface area contributed by atoms with Crippen LogP contribution in [0.15, 0.2) is 36.4 Å². The molecular weight excluding hydrogens is 325 g/mol. The summed E-state index contributed by atoms with van der Waals surface area (Å²) in [6, 6.07) is 6.87. The second kappa shape index (κ2) is 6.69. The highest BCUT2D eigenvalue weighted by Gasteiger charge is 2.28. The van der Waals surface area contributed by atoms with Crippen LogP contribution >= 0.6 is 0 Å². The number of nitro benzene ring substituents is 2. The lowest BCUT2D eigenvalue weighted by Crippen LogP contribution is -2.14. The number of carbonyl (C=O) groups excluding carboxylic acids is 1. The molecule has 0 saturated carbocycles. The molecule has 1 N–H and O–H groups in total. The minimum atomic E-state index is -0.901. The van der Waals surface area contributed by atoms with Gasteiger partial charge in [0.05, 0.1) is 28.2 Å². The van der Waals surface area contributed by atoms with Gasteiger partial charge in [-0.15, -0.1) is 0 Å². The molecule has 0 radical (unpaired) electrons. The van der Waals surface area contributed by atoms with Crippen molar-refractivity contribution < 1.29 is 23.8 Å². The summed E-state index contributed by atoms with van der Waals surface area (Å²) in [7, 11) is 1.05. The zero-order valence-corrected chi connectivity index (χ0v) is 12.2. The smallest absolute Gasteiger partial charge is 0.320 e. The standard InChI is InChI=1S/C14H10FN3O6/c1-24-13-11(17(20)21)6-8(7-12(13)18(22)23)16-14(19)9-4-2-3-5-10(9)15/h2-7H,1H3,(H,16,19). The Morgan fingerprint density at radius 1 is 1.12 bits per heavy atom. The topological polar surface area (TPSA) is 125 Å². The van der Waals surface area contributed by atoms with E-state index in [9.17, 15) is 29.4 Å². The number of anilines is 1. The first-order valence-corrected chi connectivity index (χ1v) is 6.42. The van der Waals surface area contributed by atoms with Crippen molar-refractivity contribution in [2.45, 2.75) is 0 Å². The second-order valence-corrected chi connectivity index (χ2v) is 4.50. The number of carbonyl (C=O) groups is 1. The molecular formula is C14H10FN3O6. The molecule has 0 aliphatic heterocycles. The summed E-state index contributed by atoms with van der Waals surface area (Å²) in [5, 5.41) is 24.3. The lowest BCUT2D eigenvalue weighted by atomic mass is 10.1. The average molecular weight is 335 g/mol. The third-order valence-electron chi connectivity index (χ3n) is 3.02. The molecule has 0 aliphatic rings. The van der Waals surface area contributed by atoms with Crippen molar-refractivity contribution in [3.63, 3.8) is 0 Å². The summed E-state index contributed by atoms with van der Waals surface area (Å²) in [5.41, 5.74) is -1.94. The van der Waals surface area contributed by atoms with E-state index in [4.69, 9.17) is 4.74 Å². The molecule has 9 nitrogen and oxygen atoms in total. The maximum Gasteiger partial charge on any atom is 0.320 e. The fourth-order valence-electron chi connectivity index (χ4n) is 1.99. The van der Waals surface area contributed by atoms with E-state index in [2.05, 4.69) is 5.32 Å². The number of amides is 1. The molecule has 10 heteroatoms. The van der Waals surface area contributed by atoms with Gasteiger partial charge >= 0.3 is 11.4 Å². The number of methoxy groups -OCH3 is 1. The van der Waals surface area contributed by atoms with Crippen LogP contribution < -0.4 is 10.1 Å². The van der Waals surface area contributed by atoms with Crippen LogP contribution in [-0.2, 0) is 0 Å². The lowest BCUT2D eigenvalue weighted by Gasteiger charge is -2.08. The highest BCUT2D eigenvalue weighted by Crippen LogP contribution is 2.39. The highest BCUT2D eigenvalue weighted by atomic mass is 19.1. The number of nitro groups is 2. The SMILES string of the molecule is COc1c([N+](=O)[O-])cc(NC(=O)c2ccccc2F)cc1[N+](=O)[O-]. The van der Waals surface area contributed by atoms with Gasteiger partial charge in [0.25, 0.3) is 11.7 Å². The molecule has 0 fully saturated rings. The quantitative estimate of drug-likeness (QED) is 0.661. The average Bonchev–Trinajstić information content (AvgIpc) is 2.54. The van der Waals surface area contributed by atoms with Crippen molar-refractivity contribution in [2.75, 3.05) is 12.4 Å². The van der Waals surface area contributed by atoms with Crippen molar-refractivity contribution in [3.8, 4) is 5.75 Å². The number of hydrogen-bond acceptors (Lipinski definition) is 6. The van der Waals surface area contributed by atoms with Crippen LogP contribution in [0.25, 0.3) is 0 Å². The maximum absolute atomic E-state index is 13.6. The number of benzene rings is 2. The van der Waals surface area contributed by atoms with E-state index in [-0.39, 0.29) is 11.3 Å². The van der Waals surface area contributed by atoms with Gasteiger partial charge in [0.15, 0.2) is 0 Å². The Labute approximate surface area is 134 Å². The van der Waals surface area contributed by atoms with Crippen molar-refractivity contribution in [1.29, 1.82) is 0 Å². The Morgan fingerprint density at radius 3 is 2.12 bits per heavy atom. The minimum Gasteiger partial charge on any atom is -0.485 e. The predicted molar refractivity (Wildman–Crippen MR) is 80.7 cm³/mol. The van der Waals surface area contributed by atoms with Gasteiger partial charge in [-0.05, 0) is 12.1 Å². The van der Waals surface area contributed by atoms with Crippen LogP contribution in [0, 0.1) is 26.0 Å². The molecule has 0 unspecified atom stereocenters. The summed E-state index contributed by atoms with van der Waals surface area (Å²) in [6.07, 6.45) is 0. The first kappa shape index (κ1) is 16.8. The molecule has 0 saturated heterocycles. The summed E-state index contributed by atoms with van der Waals surface area (Å²) in [6.45, 7) is 0. The van der Waals surface area contributed by atoms with Crippen LogP contribution in [0.5, 0.6) is 5.75 Å². The first-order valence-electron chi connectivity index (χ1n) is 6.42. The number of nitrogens with zero attached hydrogens (tertiary/aromatic N) is 2. The van der Waals surface area contributed by atoms with E-state index in [1.165, 1.54) is 18.2 Å². The van der Waals surface area contributed by atoms with E-state index in [1.807, 2.05) is 0 Å². The molecule has 1 amide bonds. The monoisotopic (exact) mass is 335 g/mol. The fourth-order valence-corrected chi connectivity index (χ4v) is 1.99. The Bertz CT molecular complexity index is 804. The molecule has 0 aliphatic carbocycles. The molecule has 24 heavy (non-hydrogen) atoms. The minimum absolute atomic E-state index is 0.234. The molecule has 0 bridgehead atoms. The van der Waals surface area contributed by atoms with Gasteiger partial charge in [-0.3, -0.25) is 25.0 Å². The number of halogens is 1. The van der Waals surface area contributed by atoms with Crippen LogP contribution in [0.3, 0.4) is 0 Å². The van der Waals surface area contributed by atoms with Crippen LogP contribution in [0.4, 0.5) is 21.5 Å². The summed E-state index contributed by atoms with van der Waals surface area (Å²) in [4.78, 5) is 32.4. The van der Waals surface area contributed by atoms with Gasteiger partial charge in [0.1, 0.15) is 5.82 Å². The highest BCUT2D eigenvalue weighted by molar-refractivity contribution is 6.04. The van der Waals surface area contributed by atoms with Crippen LogP contribution in [-0.4, -0.2) is 22.9 Å². The Balaban J connectivity index is 2.48. The Hall–Kier alpha value is -3.56. The molecule has 0 spiro atoms. The van der Waals surface area contributed by atoms with E-state index in [0.717, 1.165) is 25.3 Å². The van der Waals surface area contributed by atoms with Gasteiger partial charge < -0.3 is 10.1 Å². The molecule has 2 aromatic rings. The number of nitrogens with one attached hydrogen (secondary N) is 1. The van der Waals surface area contributed by atoms with Crippen molar-refractivity contribution in [3.05, 3.63) is 68.0 Å². The lowest BCUT2D eigenvalue weighted by molar-refractivity contribution is -0.395. The molecule has 124 valence electrons. The first-order chi connectivity index (χ1) is 11.3. The van der Waals surface area contributed by atoms with E-state index < -0.39 is 38.7 Å². The molecule has 0 atom stereocenters. The summed E-state index contributed by atoms with van der Waals surface area (Å²) in [5.74, 6) is -2.25. The van der Waals surface area contributed by atoms with E-state index >= 15 is 0 Å². The third kappa shape index (κ3) is 3.27. The molecule has 0 heterocycles. The number of hydrogen-bond donors (Lipinski definition) is 1. The summed E-state index contributed by atoms with van der Waals surface area (Å²) >= 11 is 0. The van der Waals surface area contributed by atoms with Crippen molar-refractivity contribution in [2.24, 2.45) is 0 Å². The number of rotatable bonds is 5. The summed E-state index contributed by atoms with van der Waals surface area (Å²) < 4.78 is 18.3. The van der Waals surface area contributed by atoms with Crippen LogP contribution in [0.2, 0.25) is 0 Å². The van der Waals surface area contributed by atoms with Crippen LogP contribution in [0.1, 0.15) is 10.4 Å². The molecule has 2 rings (SSSR count). The predicted octanol–water partition coefficient (Wildman–Crippen LogP) is 2.90. The van der Waals surface area contributed by atoms with Crippen molar-refractivity contribution in [1.82, 2.24) is 0 Å².